The van der Waals surface area contributed by atoms with Crippen molar-refractivity contribution in [3.05, 3.63) is 65.7 Å². The van der Waals surface area contributed by atoms with Crippen LogP contribution in [0.1, 0.15) is 0 Å². The number of aromatic nitrogens is 1. The topological polar surface area (TPSA) is 54.8 Å². The van der Waals surface area contributed by atoms with Crippen LogP contribution in [0.3, 0.4) is 0 Å². The van der Waals surface area contributed by atoms with Gasteiger partial charge in [-0.3, -0.25) is 4.90 Å². The number of aromatic amines is 1. The van der Waals surface area contributed by atoms with Crippen LogP contribution >= 0.6 is 11.6 Å². The van der Waals surface area contributed by atoms with E-state index in [0.717, 1.165) is 16.7 Å². The van der Waals surface area contributed by atoms with E-state index >= 15 is 0 Å². The summed E-state index contributed by atoms with van der Waals surface area (Å²) < 4.78 is 27.1. The Morgan fingerprint density at radius 3 is 2.42 bits per heavy atom. The molecular weight excluding hydrogens is 370 g/mol. The van der Waals surface area contributed by atoms with Crippen LogP contribution in [0.15, 0.2) is 65.6 Å². The van der Waals surface area contributed by atoms with E-state index in [1.165, 1.54) is 10.4 Å². The van der Waals surface area contributed by atoms with Crippen LogP contribution in [0.4, 0.5) is 5.82 Å². The normalized spacial score (nSPS) is 16.1. The standard InChI is InChI=1S/C19H18ClN3O2S/c20-16-5-3-6-17(14-16)26(24,25)23-12-10-22(11-13-23)19-9-8-15-4-1-2-7-18(15)21-19/h1-9,14H,10-13H2/p+1. The van der Waals surface area contributed by atoms with Gasteiger partial charge in [0, 0.05) is 16.5 Å². The van der Waals surface area contributed by atoms with Gasteiger partial charge in [-0.1, -0.05) is 35.9 Å². The number of anilines is 1. The molecule has 0 atom stereocenters. The van der Waals surface area contributed by atoms with Crippen molar-refractivity contribution in [3.8, 4) is 0 Å². The van der Waals surface area contributed by atoms with Gasteiger partial charge in [0.05, 0.1) is 31.1 Å². The Kier molecular flexibility index (Phi) is 4.56. The zero-order valence-corrected chi connectivity index (χ0v) is 15.7. The Morgan fingerprint density at radius 2 is 1.65 bits per heavy atom. The molecule has 0 unspecified atom stereocenters. The number of nitrogens with one attached hydrogen (secondary N) is 1. The minimum absolute atomic E-state index is 0.246. The number of sulfonamides is 1. The van der Waals surface area contributed by atoms with Crippen LogP contribution in [0.2, 0.25) is 5.02 Å². The van der Waals surface area contributed by atoms with Gasteiger partial charge in [-0.15, -0.1) is 0 Å². The Hall–Kier alpha value is -2.15. The molecule has 1 aliphatic heterocycles. The molecule has 1 saturated heterocycles. The van der Waals surface area contributed by atoms with E-state index in [-0.39, 0.29) is 4.90 Å². The molecule has 26 heavy (non-hydrogen) atoms. The summed E-state index contributed by atoms with van der Waals surface area (Å²) in [5.74, 6) is 1.00. The zero-order chi connectivity index (χ0) is 18.1. The van der Waals surface area contributed by atoms with Gasteiger partial charge in [0.15, 0.2) is 0 Å². The predicted octanol–water partition coefficient (Wildman–Crippen LogP) is 2.82. The maximum Gasteiger partial charge on any atom is 0.274 e. The van der Waals surface area contributed by atoms with E-state index in [9.17, 15) is 8.42 Å². The van der Waals surface area contributed by atoms with E-state index in [4.69, 9.17) is 11.6 Å². The summed E-state index contributed by atoms with van der Waals surface area (Å²) in [5.41, 5.74) is 1.07. The second kappa shape index (κ2) is 6.87. The van der Waals surface area contributed by atoms with Crippen molar-refractivity contribution in [2.24, 2.45) is 0 Å². The average molecular weight is 389 g/mol. The molecule has 0 spiro atoms. The quantitative estimate of drug-likeness (QED) is 0.693. The van der Waals surface area contributed by atoms with E-state index in [1.807, 2.05) is 24.3 Å². The lowest BCUT2D eigenvalue weighted by Crippen LogP contribution is -2.49. The molecular formula is C19H19ClN3O2S+. The second-order valence-corrected chi connectivity index (χ2v) is 8.65. The Morgan fingerprint density at radius 1 is 0.885 bits per heavy atom. The fraction of sp³-hybridized carbons (Fsp3) is 0.211. The molecule has 7 heteroatoms. The highest BCUT2D eigenvalue weighted by molar-refractivity contribution is 7.89. The summed E-state index contributed by atoms with van der Waals surface area (Å²) >= 11 is 5.95. The van der Waals surface area contributed by atoms with Gasteiger partial charge in [0.25, 0.3) is 5.82 Å². The van der Waals surface area contributed by atoms with Gasteiger partial charge in [0.2, 0.25) is 10.0 Å². The minimum Gasteiger partial charge on any atom is -0.259 e. The fourth-order valence-corrected chi connectivity index (χ4v) is 4.96. The Balaban J connectivity index is 1.51. The molecule has 1 fully saturated rings. The third kappa shape index (κ3) is 3.28. The molecule has 134 valence electrons. The number of fused-ring (bicyclic) bond motifs is 1. The van der Waals surface area contributed by atoms with Crippen LogP contribution in [0.25, 0.3) is 10.9 Å². The lowest BCUT2D eigenvalue weighted by atomic mass is 10.2. The van der Waals surface area contributed by atoms with Gasteiger partial charge in [0.1, 0.15) is 5.52 Å². The smallest absolute Gasteiger partial charge is 0.259 e. The number of piperazine rings is 1. The van der Waals surface area contributed by atoms with Gasteiger partial charge in [-0.05, 0) is 30.3 Å². The third-order valence-corrected chi connectivity index (χ3v) is 6.79. The molecule has 0 saturated carbocycles. The van der Waals surface area contributed by atoms with Crippen molar-refractivity contribution in [1.82, 2.24) is 4.31 Å². The van der Waals surface area contributed by atoms with Crippen molar-refractivity contribution >= 4 is 38.3 Å². The maximum atomic E-state index is 12.8. The first-order valence-electron chi connectivity index (χ1n) is 8.46. The molecule has 2 aromatic carbocycles. The first-order valence-corrected chi connectivity index (χ1v) is 10.3. The van der Waals surface area contributed by atoms with Crippen molar-refractivity contribution in [2.75, 3.05) is 31.1 Å². The maximum absolute atomic E-state index is 12.8. The molecule has 4 rings (SSSR count). The number of para-hydroxylation sites is 1. The number of rotatable bonds is 3. The van der Waals surface area contributed by atoms with Gasteiger partial charge in [-0.25, -0.2) is 13.4 Å². The molecule has 0 bridgehead atoms. The molecule has 1 aliphatic rings. The minimum atomic E-state index is -3.51. The molecule has 0 radical (unpaired) electrons. The number of hydrogen-bond donors (Lipinski definition) is 0. The van der Waals surface area contributed by atoms with Crippen molar-refractivity contribution in [3.63, 3.8) is 0 Å². The Bertz CT molecular complexity index is 1050. The first-order chi connectivity index (χ1) is 12.5. The first kappa shape index (κ1) is 17.3. The zero-order valence-electron chi connectivity index (χ0n) is 14.1. The number of halogens is 1. The largest absolute Gasteiger partial charge is 0.274 e. The third-order valence-electron chi connectivity index (χ3n) is 4.66. The molecule has 0 aliphatic carbocycles. The van der Waals surface area contributed by atoms with Crippen LogP contribution in [-0.2, 0) is 10.0 Å². The van der Waals surface area contributed by atoms with Gasteiger partial charge in [-0.2, -0.15) is 4.31 Å². The fourth-order valence-electron chi connectivity index (χ4n) is 3.23. The second-order valence-electron chi connectivity index (χ2n) is 6.28. The number of hydrogen-bond acceptors (Lipinski definition) is 3. The SMILES string of the molecule is O=S(=O)(c1cccc(Cl)c1)N1CCN(c2ccc3ccccc3[nH+]2)CC1. The average Bonchev–Trinajstić information content (AvgIpc) is 2.68. The number of H-pyrrole nitrogens is 1. The number of benzene rings is 2. The van der Waals surface area contributed by atoms with Crippen LogP contribution in [-0.4, -0.2) is 38.9 Å². The number of nitrogens with zero attached hydrogens (tertiary/aromatic N) is 2. The molecule has 1 N–H and O–H groups in total. The van der Waals surface area contributed by atoms with E-state index in [2.05, 4.69) is 22.0 Å². The van der Waals surface area contributed by atoms with Crippen LogP contribution < -0.4 is 9.88 Å². The van der Waals surface area contributed by atoms with Crippen molar-refractivity contribution in [1.29, 1.82) is 0 Å². The van der Waals surface area contributed by atoms with E-state index in [1.54, 1.807) is 18.2 Å². The molecule has 0 amide bonds. The Labute approximate surface area is 157 Å². The summed E-state index contributed by atoms with van der Waals surface area (Å²) in [4.78, 5) is 5.85. The van der Waals surface area contributed by atoms with E-state index in [0.29, 0.717) is 31.2 Å². The lowest BCUT2D eigenvalue weighted by Gasteiger charge is -2.30. The molecule has 2 heterocycles. The highest BCUT2D eigenvalue weighted by atomic mass is 35.5. The highest BCUT2D eigenvalue weighted by Gasteiger charge is 2.31. The van der Waals surface area contributed by atoms with Crippen molar-refractivity contribution in [2.45, 2.75) is 4.90 Å². The van der Waals surface area contributed by atoms with Crippen LogP contribution in [0, 0.1) is 0 Å². The van der Waals surface area contributed by atoms with Crippen molar-refractivity contribution < 1.29 is 13.4 Å². The molecule has 5 nitrogen and oxygen atoms in total. The molecule has 3 aromatic rings. The van der Waals surface area contributed by atoms with Gasteiger partial charge >= 0.3 is 0 Å². The summed E-state index contributed by atoms with van der Waals surface area (Å²) in [7, 11) is -3.51. The monoisotopic (exact) mass is 388 g/mol. The van der Waals surface area contributed by atoms with Gasteiger partial charge < -0.3 is 0 Å². The predicted molar refractivity (Wildman–Crippen MR) is 103 cm³/mol. The summed E-state index contributed by atoms with van der Waals surface area (Å²) in [5, 5.41) is 1.58. The molecule has 1 aromatic heterocycles. The lowest BCUT2D eigenvalue weighted by molar-refractivity contribution is -0.330. The number of pyridine rings is 1. The van der Waals surface area contributed by atoms with E-state index < -0.39 is 10.0 Å². The van der Waals surface area contributed by atoms with Crippen LogP contribution in [0.5, 0.6) is 0 Å². The highest BCUT2D eigenvalue weighted by Crippen LogP contribution is 2.22. The summed E-state index contributed by atoms with van der Waals surface area (Å²) in [6.07, 6.45) is 0. The summed E-state index contributed by atoms with van der Waals surface area (Å²) in [6, 6.07) is 18.7. The summed E-state index contributed by atoms with van der Waals surface area (Å²) in [6.45, 7) is 2.15.